The maximum absolute atomic E-state index is 12.4. The van der Waals surface area contributed by atoms with Crippen LogP contribution in [0.25, 0.3) is 10.9 Å². The molecule has 0 aromatic carbocycles. The van der Waals surface area contributed by atoms with E-state index in [2.05, 4.69) is 17.0 Å². The predicted octanol–water partition coefficient (Wildman–Crippen LogP) is 1.73. The zero-order chi connectivity index (χ0) is 14.2. The number of aromatic nitrogens is 3. The molecule has 0 bridgehead atoms. The van der Waals surface area contributed by atoms with Gasteiger partial charge in [0.05, 0.1) is 29.2 Å². The van der Waals surface area contributed by atoms with Gasteiger partial charge in [0.25, 0.3) is 5.56 Å². The van der Waals surface area contributed by atoms with Gasteiger partial charge in [-0.3, -0.25) is 9.78 Å². The number of rotatable bonds is 2. The summed E-state index contributed by atoms with van der Waals surface area (Å²) >= 11 is 0. The lowest BCUT2D eigenvalue weighted by molar-refractivity contribution is -0.0253. The molecule has 0 radical (unpaired) electrons. The molecule has 0 amide bonds. The Hall–Kier alpha value is -1.75. The van der Waals surface area contributed by atoms with E-state index < -0.39 is 5.60 Å². The Morgan fingerprint density at radius 1 is 1.45 bits per heavy atom. The molecule has 1 N–H and O–H groups in total. The first-order valence-corrected chi connectivity index (χ1v) is 7.11. The zero-order valence-electron chi connectivity index (χ0n) is 11.6. The molecule has 0 unspecified atom stereocenters. The van der Waals surface area contributed by atoms with Crippen molar-refractivity contribution in [3.63, 3.8) is 0 Å². The van der Waals surface area contributed by atoms with E-state index in [1.807, 2.05) is 0 Å². The molecular formula is C15H19N3O2. The predicted molar refractivity (Wildman–Crippen MR) is 76.4 cm³/mol. The number of fused-ring (bicyclic) bond motifs is 1. The maximum atomic E-state index is 12.4. The molecule has 20 heavy (non-hydrogen) atoms. The summed E-state index contributed by atoms with van der Waals surface area (Å²) in [5.74, 6) is 0.653. The first-order valence-electron chi connectivity index (χ1n) is 7.11. The monoisotopic (exact) mass is 273 g/mol. The highest BCUT2D eigenvalue weighted by Gasteiger charge is 2.32. The van der Waals surface area contributed by atoms with Crippen molar-refractivity contribution >= 4 is 10.9 Å². The van der Waals surface area contributed by atoms with Crippen molar-refractivity contribution in [3.05, 3.63) is 34.9 Å². The molecule has 0 saturated heterocycles. The summed E-state index contributed by atoms with van der Waals surface area (Å²) in [4.78, 5) is 16.5. The summed E-state index contributed by atoms with van der Waals surface area (Å²) in [5.41, 5.74) is -0.389. The van der Waals surface area contributed by atoms with E-state index in [4.69, 9.17) is 0 Å². The van der Waals surface area contributed by atoms with E-state index >= 15 is 0 Å². The Morgan fingerprint density at radius 2 is 2.20 bits per heavy atom. The second-order valence-electron chi connectivity index (χ2n) is 5.95. The highest BCUT2D eigenvalue weighted by atomic mass is 16.3. The van der Waals surface area contributed by atoms with E-state index in [0.29, 0.717) is 16.8 Å². The van der Waals surface area contributed by atoms with Crippen LogP contribution in [0.2, 0.25) is 0 Å². The standard InChI is InChI=1S/C15H19N3O2/c1-11-4-6-15(20,7-5-11)10-18-14(19)12-3-2-8-16-13(12)9-17-18/h2-3,8-9,11,20H,4-7,10H2,1H3. The van der Waals surface area contributed by atoms with Crippen LogP contribution in [0.5, 0.6) is 0 Å². The zero-order valence-corrected chi connectivity index (χ0v) is 11.6. The Bertz CT molecular complexity index is 672. The van der Waals surface area contributed by atoms with Crippen molar-refractivity contribution in [1.82, 2.24) is 14.8 Å². The van der Waals surface area contributed by atoms with Crippen molar-refractivity contribution in [2.45, 2.75) is 44.8 Å². The van der Waals surface area contributed by atoms with Crippen molar-refractivity contribution in [1.29, 1.82) is 0 Å². The largest absolute Gasteiger partial charge is 0.388 e. The molecule has 2 heterocycles. The highest BCUT2D eigenvalue weighted by Crippen LogP contribution is 2.32. The van der Waals surface area contributed by atoms with Gasteiger partial charge < -0.3 is 5.11 Å². The lowest BCUT2D eigenvalue weighted by Crippen LogP contribution is -2.41. The van der Waals surface area contributed by atoms with Gasteiger partial charge in [-0.25, -0.2) is 4.68 Å². The van der Waals surface area contributed by atoms with Crippen LogP contribution in [0.4, 0.5) is 0 Å². The lowest BCUT2D eigenvalue weighted by Gasteiger charge is -2.34. The molecule has 0 atom stereocenters. The average Bonchev–Trinajstić information content (AvgIpc) is 2.46. The van der Waals surface area contributed by atoms with Gasteiger partial charge in [-0.15, -0.1) is 0 Å². The van der Waals surface area contributed by atoms with Crippen molar-refractivity contribution < 1.29 is 5.11 Å². The average molecular weight is 273 g/mol. The van der Waals surface area contributed by atoms with E-state index in [1.165, 1.54) is 4.68 Å². The molecule has 2 aromatic rings. The molecule has 0 aliphatic heterocycles. The van der Waals surface area contributed by atoms with E-state index in [1.54, 1.807) is 24.5 Å². The Morgan fingerprint density at radius 3 is 2.95 bits per heavy atom. The van der Waals surface area contributed by atoms with Gasteiger partial charge in [0.15, 0.2) is 0 Å². The molecule has 5 heteroatoms. The van der Waals surface area contributed by atoms with Crippen LogP contribution in [-0.4, -0.2) is 25.5 Å². The summed E-state index contributed by atoms with van der Waals surface area (Å²) in [6, 6.07) is 3.49. The third-order valence-electron chi connectivity index (χ3n) is 4.27. The molecule has 106 valence electrons. The van der Waals surface area contributed by atoms with Gasteiger partial charge in [0, 0.05) is 6.20 Å². The van der Waals surface area contributed by atoms with Crippen molar-refractivity contribution in [2.75, 3.05) is 0 Å². The Labute approximate surface area is 117 Å². The molecule has 3 rings (SSSR count). The number of pyridine rings is 1. The van der Waals surface area contributed by atoms with Gasteiger partial charge in [0.2, 0.25) is 0 Å². The van der Waals surface area contributed by atoms with E-state index in [-0.39, 0.29) is 12.1 Å². The molecule has 1 aliphatic carbocycles. The first-order chi connectivity index (χ1) is 9.57. The number of hydrogen-bond donors (Lipinski definition) is 1. The fraction of sp³-hybridized carbons (Fsp3) is 0.533. The molecule has 2 aromatic heterocycles. The normalized spacial score (nSPS) is 26.8. The second-order valence-corrected chi connectivity index (χ2v) is 5.95. The second kappa shape index (κ2) is 4.98. The van der Waals surface area contributed by atoms with Gasteiger partial charge in [-0.2, -0.15) is 5.10 Å². The van der Waals surface area contributed by atoms with Gasteiger partial charge >= 0.3 is 0 Å². The summed E-state index contributed by atoms with van der Waals surface area (Å²) in [5, 5.41) is 15.3. The van der Waals surface area contributed by atoms with Crippen molar-refractivity contribution in [2.24, 2.45) is 5.92 Å². The first kappa shape index (κ1) is 13.2. The SMILES string of the molecule is CC1CCC(O)(Cn2ncc3ncccc3c2=O)CC1. The summed E-state index contributed by atoms with van der Waals surface area (Å²) in [6.45, 7) is 2.47. The highest BCUT2D eigenvalue weighted by molar-refractivity contribution is 5.75. The summed E-state index contributed by atoms with van der Waals surface area (Å²) in [6.07, 6.45) is 6.69. The van der Waals surface area contributed by atoms with Gasteiger partial charge in [0.1, 0.15) is 0 Å². The van der Waals surface area contributed by atoms with Crippen LogP contribution < -0.4 is 5.56 Å². The maximum Gasteiger partial charge on any atom is 0.276 e. The summed E-state index contributed by atoms with van der Waals surface area (Å²) in [7, 11) is 0. The Kier molecular flexibility index (Phi) is 3.30. The topological polar surface area (TPSA) is 68.0 Å². The summed E-state index contributed by atoms with van der Waals surface area (Å²) < 4.78 is 1.38. The molecule has 1 saturated carbocycles. The van der Waals surface area contributed by atoms with E-state index in [0.717, 1.165) is 25.7 Å². The molecular weight excluding hydrogens is 254 g/mol. The van der Waals surface area contributed by atoms with Crippen LogP contribution in [0.1, 0.15) is 32.6 Å². The number of hydrogen-bond acceptors (Lipinski definition) is 4. The number of nitrogens with zero attached hydrogens (tertiary/aromatic N) is 3. The molecule has 1 fully saturated rings. The third kappa shape index (κ3) is 2.45. The van der Waals surface area contributed by atoms with Crippen LogP contribution >= 0.6 is 0 Å². The number of aliphatic hydroxyl groups is 1. The Balaban J connectivity index is 1.91. The lowest BCUT2D eigenvalue weighted by atomic mass is 9.79. The molecule has 5 nitrogen and oxygen atoms in total. The fourth-order valence-electron chi connectivity index (χ4n) is 2.87. The van der Waals surface area contributed by atoms with Crippen molar-refractivity contribution in [3.8, 4) is 0 Å². The molecule has 1 aliphatic rings. The molecule has 0 spiro atoms. The van der Waals surface area contributed by atoms with Gasteiger partial charge in [-0.1, -0.05) is 6.92 Å². The smallest absolute Gasteiger partial charge is 0.276 e. The van der Waals surface area contributed by atoms with Crippen LogP contribution in [0, 0.1) is 5.92 Å². The fourth-order valence-corrected chi connectivity index (χ4v) is 2.87. The minimum atomic E-state index is -0.806. The minimum Gasteiger partial charge on any atom is -0.388 e. The van der Waals surface area contributed by atoms with Crippen LogP contribution in [-0.2, 0) is 6.54 Å². The van der Waals surface area contributed by atoms with Crippen LogP contribution in [0.3, 0.4) is 0 Å². The van der Waals surface area contributed by atoms with E-state index in [9.17, 15) is 9.90 Å². The quantitative estimate of drug-likeness (QED) is 0.905. The van der Waals surface area contributed by atoms with Crippen LogP contribution in [0.15, 0.2) is 29.3 Å². The third-order valence-corrected chi connectivity index (χ3v) is 4.27. The van der Waals surface area contributed by atoms with Gasteiger partial charge in [-0.05, 0) is 43.7 Å². The minimum absolute atomic E-state index is 0.178.